The second-order valence-corrected chi connectivity index (χ2v) is 2.91. The van der Waals surface area contributed by atoms with Gasteiger partial charge in [-0.15, -0.1) is 0 Å². The molecule has 12 heavy (non-hydrogen) atoms. The molecule has 0 bridgehead atoms. The maximum atomic E-state index is 4.41. The van der Waals surface area contributed by atoms with Gasteiger partial charge in [-0.1, -0.05) is 6.92 Å². The van der Waals surface area contributed by atoms with Crippen molar-refractivity contribution in [3.05, 3.63) is 0 Å². The largest absolute Gasteiger partial charge is 0.333 e. The maximum Gasteiger partial charge on any atom is 0.0987 e. The Hall–Kier alpha value is -0.860. The predicted octanol–water partition coefficient (Wildman–Crippen LogP) is 1.84. The molecule has 0 aromatic heterocycles. The van der Waals surface area contributed by atoms with Gasteiger partial charge in [-0.2, -0.15) is 0 Å². The summed E-state index contributed by atoms with van der Waals surface area (Å²) in [5, 5.41) is 3.09. The summed E-state index contributed by atoms with van der Waals surface area (Å²) in [6.07, 6.45) is 1.07. The number of amidine groups is 2. The molecule has 1 unspecified atom stereocenters. The van der Waals surface area contributed by atoms with Crippen LogP contribution in [0.1, 0.15) is 34.1 Å². The molecule has 3 nitrogen and oxygen atoms in total. The van der Waals surface area contributed by atoms with E-state index in [1.807, 2.05) is 13.8 Å². The molecule has 0 aromatic carbocycles. The van der Waals surface area contributed by atoms with Crippen molar-refractivity contribution < 1.29 is 0 Å². The molecule has 0 aliphatic rings. The Balaban J connectivity index is 4.02. The summed E-state index contributed by atoms with van der Waals surface area (Å²) in [6.45, 7) is 8.11. The van der Waals surface area contributed by atoms with Gasteiger partial charge in [0.25, 0.3) is 0 Å². The van der Waals surface area contributed by atoms with E-state index in [-0.39, 0.29) is 0 Å². The molecule has 0 saturated carbocycles. The van der Waals surface area contributed by atoms with Gasteiger partial charge in [-0.05, 0) is 27.2 Å². The Kier molecular flexibility index (Phi) is 5.34. The van der Waals surface area contributed by atoms with Crippen LogP contribution in [0.2, 0.25) is 0 Å². The van der Waals surface area contributed by atoms with Crippen LogP contribution in [0.5, 0.6) is 0 Å². The third kappa shape index (κ3) is 4.88. The zero-order valence-corrected chi connectivity index (χ0v) is 8.68. The highest BCUT2D eigenvalue weighted by Gasteiger charge is 1.96. The average Bonchev–Trinajstić information content (AvgIpc) is 2.03. The molecule has 1 atom stereocenters. The van der Waals surface area contributed by atoms with Crippen LogP contribution in [0, 0.1) is 0 Å². The van der Waals surface area contributed by atoms with E-state index in [9.17, 15) is 0 Å². The summed E-state index contributed by atoms with van der Waals surface area (Å²) in [6, 6.07) is 0.391. The van der Waals surface area contributed by atoms with Crippen molar-refractivity contribution in [2.24, 2.45) is 9.98 Å². The Morgan fingerprint density at radius 1 is 1.33 bits per heavy atom. The quantitative estimate of drug-likeness (QED) is 0.497. The lowest BCUT2D eigenvalue weighted by Gasteiger charge is -2.07. The van der Waals surface area contributed by atoms with E-state index in [0.717, 1.165) is 18.1 Å². The number of nitrogens with zero attached hydrogens (tertiary/aromatic N) is 2. The van der Waals surface area contributed by atoms with E-state index in [0.29, 0.717) is 6.04 Å². The van der Waals surface area contributed by atoms with Crippen molar-refractivity contribution in [1.29, 1.82) is 0 Å². The van der Waals surface area contributed by atoms with E-state index in [4.69, 9.17) is 0 Å². The SMILES string of the molecule is CCC(C)N=C(C)NC(C)=NC. The predicted molar refractivity (Wildman–Crippen MR) is 55.0 cm³/mol. The summed E-state index contributed by atoms with van der Waals surface area (Å²) in [7, 11) is 1.76. The van der Waals surface area contributed by atoms with E-state index < -0.39 is 0 Å². The molecule has 0 fully saturated rings. The minimum absolute atomic E-state index is 0.391. The molecular weight excluding hydrogens is 150 g/mol. The van der Waals surface area contributed by atoms with Gasteiger partial charge in [0.05, 0.1) is 11.7 Å². The Morgan fingerprint density at radius 2 is 1.92 bits per heavy atom. The third-order valence-electron chi connectivity index (χ3n) is 1.70. The molecule has 0 heterocycles. The lowest BCUT2D eigenvalue weighted by Crippen LogP contribution is -2.26. The van der Waals surface area contributed by atoms with Crippen LogP contribution in [0.4, 0.5) is 0 Å². The number of hydrogen-bond acceptors (Lipinski definition) is 2. The molecule has 0 spiro atoms. The first-order chi connectivity index (χ1) is 5.60. The third-order valence-corrected chi connectivity index (χ3v) is 1.70. The van der Waals surface area contributed by atoms with Crippen molar-refractivity contribution in [3.63, 3.8) is 0 Å². The molecule has 70 valence electrons. The molecule has 0 aromatic rings. The summed E-state index contributed by atoms with van der Waals surface area (Å²) in [5.74, 6) is 1.84. The number of aliphatic imine (C=N–C) groups is 2. The Bertz CT molecular complexity index is 182. The van der Waals surface area contributed by atoms with Crippen molar-refractivity contribution >= 4 is 11.7 Å². The molecular formula is C9H19N3. The summed E-state index contributed by atoms with van der Waals surface area (Å²) in [5.41, 5.74) is 0. The Morgan fingerprint density at radius 3 is 2.33 bits per heavy atom. The Labute approximate surface area is 75.0 Å². The first-order valence-corrected chi connectivity index (χ1v) is 4.35. The van der Waals surface area contributed by atoms with E-state index >= 15 is 0 Å². The van der Waals surface area contributed by atoms with Gasteiger partial charge in [-0.25, -0.2) is 0 Å². The summed E-state index contributed by atoms with van der Waals surface area (Å²) >= 11 is 0. The molecule has 0 amide bonds. The van der Waals surface area contributed by atoms with Crippen LogP contribution in [0.25, 0.3) is 0 Å². The standard InChI is InChI=1S/C9H19N3/c1-6-7(2)11-9(4)12-8(3)10-5/h7H,6H2,1-5H3,(H,10,11,12). The van der Waals surface area contributed by atoms with Gasteiger partial charge >= 0.3 is 0 Å². The van der Waals surface area contributed by atoms with E-state index in [1.54, 1.807) is 7.05 Å². The fourth-order valence-corrected chi connectivity index (χ4v) is 0.772. The minimum atomic E-state index is 0.391. The highest BCUT2D eigenvalue weighted by molar-refractivity contribution is 5.98. The summed E-state index contributed by atoms with van der Waals surface area (Å²) in [4.78, 5) is 8.39. The number of rotatable bonds is 2. The second-order valence-electron chi connectivity index (χ2n) is 2.91. The molecule has 0 radical (unpaired) electrons. The van der Waals surface area contributed by atoms with E-state index in [2.05, 4.69) is 29.1 Å². The van der Waals surface area contributed by atoms with Gasteiger partial charge in [0.1, 0.15) is 0 Å². The fourth-order valence-electron chi connectivity index (χ4n) is 0.772. The van der Waals surface area contributed by atoms with Crippen LogP contribution in [-0.2, 0) is 0 Å². The van der Waals surface area contributed by atoms with Crippen molar-refractivity contribution in [3.8, 4) is 0 Å². The van der Waals surface area contributed by atoms with Crippen LogP contribution in [0.3, 0.4) is 0 Å². The smallest absolute Gasteiger partial charge is 0.0987 e. The van der Waals surface area contributed by atoms with Crippen LogP contribution < -0.4 is 5.32 Å². The highest BCUT2D eigenvalue weighted by atomic mass is 15.0. The fraction of sp³-hybridized carbons (Fsp3) is 0.778. The molecule has 0 rings (SSSR count). The highest BCUT2D eigenvalue weighted by Crippen LogP contribution is 1.94. The zero-order chi connectivity index (χ0) is 9.56. The lowest BCUT2D eigenvalue weighted by atomic mass is 10.3. The molecule has 3 heteroatoms. The molecule has 0 aliphatic heterocycles. The van der Waals surface area contributed by atoms with E-state index in [1.165, 1.54) is 0 Å². The number of nitrogens with one attached hydrogen (secondary N) is 1. The van der Waals surface area contributed by atoms with Crippen LogP contribution in [-0.4, -0.2) is 24.8 Å². The van der Waals surface area contributed by atoms with Gasteiger partial charge < -0.3 is 5.32 Å². The lowest BCUT2D eigenvalue weighted by molar-refractivity contribution is 0.713. The van der Waals surface area contributed by atoms with Crippen LogP contribution in [0.15, 0.2) is 9.98 Å². The topological polar surface area (TPSA) is 36.8 Å². The van der Waals surface area contributed by atoms with Gasteiger partial charge in [-0.3, -0.25) is 9.98 Å². The maximum absolute atomic E-state index is 4.41. The first kappa shape index (κ1) is 11.1. The van der Waals surface area contributed by atoms with Gasteiger partial charge in [0, 0.05) is 13.1 Å². The zero-order valence-electron chi connectivity index (χ0n) is 8.68. The van der Waals surface area contributed by atoms with Crippen molar-refractivity contribution in [2.75, 3.05) is 7.05 Å². The summed E-state index contributed by atoms with van der Waals surface area (Å²) < 4.78 is 0. The van der Waals surface area contributed by atoms with Gasteiger partial charge in [0.2, 0.25) is 0 Å². The van der Waals surface area contributed by atoms with Gasteiger partial charge in [0.15, 0.2) is 0 Å². The molecule has 0 aliphatic carbocycles. The normalized spacial score (nSPS) is 16.1. The molecule has 1 N–H and O–H groups in total. The second kappa shape index (κ2) is 5.75. The monoisotopic (exact) mass is 169 g/mol. The average molecular weight is 169 g/mol. The number of hydrogen-bond donors (Lipinski definition) is 1. The first-order valence-electron chi connectivity index (χ1n) is 4.35. The van der Waals surface area contributed by atoms with Crippen molar-refractivity contribution in [1.82, 2.24) is 5.32 Å². The van der Waals surface area contributed by atoms with Crippen LogP contribution >= 0.6 is 0 Å². The minimum Gasteiger partial charge on any atom is -0.333 e. The van der Waals surface area contributed by atoms with Crippen molar-refractivity contribution in [2.45, 2.75) is 40.2 Å². The molecule has 0 saturated heterocycles.